The molecule has 0 aliphatic carbocycles. The van der Waals surface area contributed by atoms with Crippen molar-refractivity contribution in [2.75, 3.05) is 24.2 Å². The quantitative estimate of drug-likeness (QED) is 0.0625. The Morgan fingerprint density at radius 2 is 1.30 bits per heavy atom. The highest BCUT2D eigenvalue weighted by molar-refractivity contribution is 5.91. The Morgan fingerprint density at radius 3 is 1.84 bits per heavy atom. The molecule has 6 nitrogen and oxygen atoms in total. The van der Waals surface area contributed by atoms with Gasteiger partial charge in [-0.05, 0) is 110 Å². The van der Waals surface area contributed by atoms with Gasteiger partial charge in [0.05, 0.1) is 5.56 Å². The van der Waals surface area contributed by atoms with Gasteiger partial charge in [0.15, 0.2) is 17.5 Å². The highest BCUT2D eigenvalue weighted by atomic mass is 19.2. The Labute approximate surface area is 288 Å². The first-order valence-electron chi connectivity index (χ1n) is 15.9. The van der Waals surface area contributed by atoms with Crippen molar-refractivity contribution in [1.29, 1.82) is 0 Å². The monoisotopic (exact) mass is 684 g/mol. The molecule has 1 atom stereocenters. The second kappa shape index (κ2) is 15.3. The molecule has 50 heavy (non-hydrogen) atoms. The lowest BCUT2D eigenvalue weighted by Crippen LogP contribution is -2.28. The number of hydrogen-bond acceptors (Lipinski definition) is 6. The first-order valence-corrected chi connectivity index (χ1v) is 15.9. The molecule has 0 heterocycles. The lowest BCUT2D eigenvalue weighted by atomic mass is 9.86. The van der Waals surface area contributed by atoms with Gasteiger partial charge < -0.3 is 20.1 Å². The summed E-state index contributed by atoms with van der Waals surface area (Å²) in [4.78, 5) is 25.0. The molecule has 0 saturated carbocycles. The lowest BCUT2D eigenvalue weighted by molar-refractivity contribution is -0.152. The molecule has 0 bridgehead atoms. The fraction of sp³-hybridized carbons (Fsp3) is 0.200. The van der Waals surface area contributed by atoms with E-state index in [4.69, 9.17) is 9.47 Å². The van der Waals surface area contributed by atoms with Gasteiger partial charge in [0, 0.05) is 29.9 Å². The molecule has 5 rings (SSSR count). The molecule has 258 valence electrons. The van der Waals surface area contributed by atoms with Gasteiger partial charge >= 0.3 is 11.9 Å². The molecule has 2 N–H and O–H groups in total. The lowest BCUT2D eigenvalue weighted by Gasteiger charge is -2.21. The summed E-state index contributed by atoms with van der Waals surface area (Å²) in [5.41, 5.74) is 3.77. The number of anilines is 2. The summed E-state index contributed by atoms with van der Waals surface area (Å²) < 4.78 is 66.4. The smallest absolute Gasteiger partial charge is 0.343 e. The Bertz CT molecular complexity index is 1950. The number of nitrogens with one attached hydrogen (secondary N) is 2. The van der Waals surface area contributed by atoms with Gasteiger partial charge in [0.2, 0.25) is 0 Å². The predicted octanol–water partition coefficient (Wildman–Crippen LogP) is 9.30. The summed E-state index contributed by atoms with van der Waals surface area (Å²) >= 11 is 0. The van der Waals surface area contributed by atoms with E-state index in [2.05, 4.69) is 22.8 Å². The third-order valence-corrected chi connectivity index (χ3v) is 7.84. The van der Waals surface area contributed by atoms with Gasteiger partial charge in [-0.1, -0.05) is 42.5 Å². The summed E-state index contributed by atoms with van der Waals surface area (Å²) in [6.45, 7) is 5.50. The Balaban J connectivity index is 1.28. The van der Waals surface area contributed by atoms with E-state index >= 15 is 0 Å². The third kappa shape index (κ3) is 9.07. The average molecular weight is 685 g/mol. The Kier molecular flexibility index (Phi) is 10.9. The van der Waals surface area contributed by atoms with Crippen molar-refractivity contribution in [3.05, 3.63) is 149 Å². The first kappa shape index (κ1) is 35.7. The number of hydrogen-bond donors (Lipinski definition) is 2. The minimum Gasteiger partial charge on any atom is -0.459 e. The van der Waals surface area contributed by atoms with Gasteiger partial charge in [0.25, 0.3) is 0 Å². The molecule has 5 aromatic rings. The van der Waals surface area contributed by atoms with E-state index in [1.54, 1.807) is 12.1 Å². The van der Waals surface area contributed by atoms with Gasteiger partial charge in [-0.3, -0.25) is 4.79 Å². The van der Waals surface area contributed by atoms with E-state index in [1.165, 1.54) is 12.1 Å². The number of ether oxygens (including phenoxy) is 2. The normalized spacial score (nSPS) is 11.8. The molecule has 1 unspecified atom stereocenters. The van der Waals surface area contributed by atoms with Crippen LogP contribution >= 0.6 is 0 Å². The number of benzene rings is 5. The molecule has 0 fully saturated rings. The number of esters is 2. The second-order valence-corrected chi connectivity index (χ2v) is 12.7. The standard InChI is InChI=1S/C40H36F4N2O4/c1-40(2,3)50-37(47)23-46-30-14-9-26(10-15-30)33(25-7-12-29(45-4)13-8-25)19-24-5-16-31(17-6-24)49-39(48)27-11-18-32(34(41)20-27)28-21-35(42)38(44)36(43)22-28/h5-18,20-22,33,45-46H,19,23H2,1-4H3. The zero-order valence-corrected chi connectivity index (χ0v) is 28.0. The molecular formula is C40H36F4N2O4. The maximum atomic E-state index is 14.9. The van der Waals surface area contributed by atoms with E-state index in [9.17, 15) is 27.2 Å². The van der Waals surface area contributed by atoms with E-state index in [0.29, 0.717) is 18.6 Å². The summed E-state index contributed by atoms with van der Waals surface area (Å²) in [5.74, 6) is -6.46. The number of carbonyl (C=O) groups is 2. The maximum absolute atomic E-state index is 14.9. The van der Waals surface area contributed by atoms with Crippen molar-refractivity contribution in [2.24, 2.45) is 0 Å². The summed E-state index contributed by atoms with van der Waals surface area (Å²) in [6.07, 6.45) is 0.620. The van der Waals surface area contributed by atoms with Crippen LogP contribution < -0.4 is 15.4 Å². The van der Waals surface area contributed by atoms with Crippen molar-refractivity contribution < 1.29 is 36.6 Å². The largest absolute Gasteiger partial charge is 0.459 e. The van der Waals surface area contributed by atoms with Crippen molar-refractivity contribution >= 4 is 23.3 Å². The van der Waals surface area contributed by atoms with Crippen molar-refractivity contribution in [3.63, 3.8) is 0 Å². The molecule has 0 aromatic heterocycles. The highest BCUT2D eigenvalue weighted by Crippen LogP contribution is 2.32. The van der Waals surface area contributed by atoms with Gasteiger partial charge in [0.1, 0.15) is 23.7 Å². The van der Waals surface area contributed by atoms with Gasteiger partial charge in [-0.2, -0.15) is 0 Å². The topological polar surface area (TPSA) is 76.7 Å². The van der Waals surface area contributed by atoms with Crippen LogP contribution in [0, 0.1) is 23.3 Å². The van der Waals surface area contributed by atoms with Crippen molar-refractivity contribution in [1.82, 2.24) is 0 Å². The van der Waals surface area contributed by atoms with E-state index in [-0.39, 0.29) is 40.9 Å². The third-order valence-electron chi connectivity index (χ3n) is 7.84. The van der Waals surface area contributed by atoms with Crippen LogP contribution in [0.3, 0.4) is 0 Å². The molecule has 0 spiro atoms. The van der Waals surface area contributed by atoms with E-state index in [1.807, 2.05) is 76.3 Å². The van der Waals surface area contributed by atoms with E-state index in [0.717, 1.165) is 34.1 Å². The molecule has 0 aliphatic rings. The Hall–Kier alpha value is -5.64. The van der Waals surface area contributed by atoms with Crippen LogP contribution in [-0.4, -0.2) is 31.1 Å². The summed E-state index contributed by atoms with van der Waals surface area (Å²) in [5, 5.41) is 6.24. The Morgan fingerprint density at radius 1 is 0.720 bits per heavy atom. The van der Waals surface area contributed by atoms with E-state index < -0.39 is 34.8 Å². The molecule has 10 heteroatoms. The average Bonchev–Trinajstić information content (AvgIpc) is 3.08. The van der Waals surface area contributed by atoms with Crippen LogP contribution in [0.4, 0.5) is 28.9 Å². The second-order valence-electron chi connectivity index (χ2n) is 12.7. The van der Waals surface area contributed by atoms with Crippen molar-refractivity contribution in [2.45, 2.75) is 38.7 Å². The highest BCUT2D eigenvalue weighted by Gasteiger charge is 2.19. The maximum Gasteiger partial charge on any atom is 0.343 e. The van der Waals surface area contributed by atoms with Crippen LogP contribution in [0.2, 0.25) is 0 Å². The summed E-state index contributed by atoms with van der Waals surface area (Å²) in [7, 11) is 1.86. The number of halogens is 4. The number of carbonyl (C=O) groups excluding carboxylic acids is 2. The number of rotatable bonds is 11. The van der Waals surface area contributed by atoms with Crippen molar-refractivity contribution in [3.8, 4) is 16.9 Å². The van der Waals surface area contributed by atoms with Crippen LogP contribution in [0.15, 0.2) is 103 Å². The van der Waals surface area contributed by atoms with Crippen LogP contribution in [-0.2, 0) is 16.0 Å². The molecule has 0 radical (unpaired) electrons. The zero-order chi connectivity index (χ0) is 36.0. The van der Waals surface area contributed by atoms with Crippen LogP contribution in [0.1, 0.15) is 53.7 Å². The minimum atomic E-state index is -1.65. The van der Waals surface area contributed by atoms with Gasteiger partial charge in [-0.25, -0.2) is 22.4 Å². The SMILES string of the molecule is CNc1ccc(C(Cc2ccc(OC(=O)c3ccc(-c4cc(F)c(F)c(F)c4)c(F)c3)cc2)c2ccc(NCC(=O)OC(C)(C)C)cc2)cc1. The van der Waals surface area contributed by atoms with Crippen LogP contribution in [0.5, 0.6) is 5.75 Å². The fourth-order valence-corrected chi connectivity index (χ4v) is 5.38. The molecular weight excluding hydrogens is 648 g/mol. The molecule has 0 saturated heterocycles. The minimum absolute atomic E-state index is 0.0289. The first-order chi connectivity index (χ1) is 23.8. The summed E-state index contributed by atoms with van der Waals surface area (Å²) in [6, 6.07) is 27.7. The zero-order valence-electron chi connectivity index (χ0n) is 28.0. The predicted molar refractivity (Wildman–Crippen MR) is 185 cm³/mol. The molecule has 0 aliphatic heterocycles. The fourth-order valence-electron chi connectivity index (χ4n) is 5.38. The van der Waals surface area contributed by atoms with Gasteiger partial charge in [-0.15, -0.1) is 0 Å². The molecule has 5 aromatic carbocycles. The molecule has 0 amide bonds. The van der Waals surface area contributed by atoms with Crippen LogP contribution in [0.25, 0.3) is 11.1 Å².